The minimum atomic E-state index is -4.17. The third-order valence-electron chi connectivity index (χ3n) is 5.40. The van der Waals surface area contributed by atoms with Gasteiger partial charge in [-0.2, -0.15) is 5.10 Å². The maximum absolute atomic E-state index is 13.7. The van der Waals surface area contributed by atoms with Crippen molar-refractivity contribution in [2.45, 2.75) is 37.6 Å². The Morgan fingerprint density at radius 3 is 2.50 bits per heavy atom. The highest BCUT2D eigenvalue weighted by atomic mass is 35.5. The molecule has 0 heterocycles. The fraction of sp³-hybridized carbons (Fsp3) is 0.231. The SMILES string of the molecule is Cc1cc(OCCc2ccc(C=NN)cc2)cc(N(C(C)CC(=O)O)S(=O)(=O)c2ccccc2Cl)c1. The second-order valence-electron chi connectivity index (χ2n) is 8.30. The molecule has 3 rings (SSSR count). The molecule has 0 saturated heterocycles. The Bertz CT molecular complexity index is 1340. The summed E-state index contributed by atoms with van der Waals surface area (Å²) in [4.78, 5) is 11.4. The predicted molar refractivity (Wildman–Crippen MR) is 141 cm³/mol. The molecular weight excluding hydrogens is 502 g/mol. The first-order chi connectivity index (χ1) is 17.1. The number of carboxylic acid groups (broad SMARTS) is 1. The van der Waals surface area contributed by atoms with Crippen molar-refractivity contribution in [3.8, 4) is 5.75 Å². The summed E-state index contributed by atoms with van der Waals surface area (Å²) in [6.07, 6.45) is 1.79. The minimum absolute atomic E-state index is 0.0536. The van der Waals surface area contributed by atoms with E-state index >= 15 is 0 Å². The molecule has 0 radical (unpaired) electrons. The summed E-state index contributed by atoms with van der Waals surface area (Å²) >= 11 is 6.21. The first kappa shape index (κ1) is 27.0. The molecular formula is C26H28ClN3O5S. The third kappa shape index (κ3) is 6.77. The quantitative estimate of drug-likeness (QED) is 0.212. The maximum atomic E-state index is 13.7. The van der Waals surface area contributed by atoms with Crippen LogP contribution in [-0.2, 0) is 21.2 Å². The van der Waals surface area contributed by atoms with Gasteiger partial charge in [0.2, 0.25) is 0 Å². The van der Waals surface area contributed by atoms with Gasteiger partial charge in [-0.3, -0.25) is 9.10 Å². The number of anilines is 1. The molecule has 0 spiro atoms. The van der Waals surface area contributed by atoms with Crippen molar-refractivity contribution in [1.29, 1.82) is 0 Å². The van der Waals surface area contributed by atoms with Crippen LogP contribution >= 0.6 is 11.6 Å². The Kier molecular flexibility index (Phi) is 8.95. The number of rotatable bonds is 11. The van der Waals surface area contributed by atoms with Crippen LogP contribution in [0.4, 0.5) is 5.69 Å². The van der Waals surface area contributed by atoms with Gasteiger partial charge in [-0.1, -0.05) is 48.0 Å². The highest BCUT2D eigenvalue weighted by Crippen LogP contribution is 2.33. The molecule has 0 saturated carbocycles. The molecule has 0 amide bonds. The molecule has 190 valence electrons. The average Bonchev–Trinajstić information content (AvgIpc) is 2.80. The number of aryl methyl sites for hydroxylation is 1. The monoisotopic (exact) mass is 529 g/mol. The number of carboxylic acids is 1. The first-order valence-corrected chi connectivity index (χ1v) is 13.0. The molecule has 3 N–H and O–H groups in total. The number of sulfonamides is 1. The first-order valence-electron chi connectivity index (χ1n) is 11.2. The van der Waals surface area contributed by atoms with E-state index in [1.165, 1.54) is 12.1 Å². The van der Waals surface area contributed by atoms with Gasteiger partial charge in [0, 0.05) is 12.5 Å². The van der Waals surface area contributed by atoms with Crippen molar-refractivity contribution in [3.05, 3.63) is 88.4 Å². The van der Waals surface area contributed by atoms with Crippen molar-refractivity contribution < 1.29 is 23.1 Å². The lowest BCUT2D eigenvalue weighted by molar-refractivity contribution is -0.137. The Labute approximate surface area is 216 Å². The normalized spacial score (nSPS) is 12.4. The molecule has 0 aliphatic rings. The fourth-order valence-corrected chi connectivity index (χ4v) is 5.94. The van der Waals surface area contributed by atoms with Gasteiger partial charge in [-0.25, -0.2) is 8.42 Å². The lowest BCUT2D eigenvalue weighted by Gasteiger charge is -2.30. The molecule has 1 atom stereocenters. The number of hydrazone groups is 1. The van der Waals surface area contributed by atoms with Crippen LogP contribution in [0.25, 0.3) is 0 Å². The molecule has 0 aliphatic heterocycles. The lowest BCUT2D eigenvalue weighted by Crippen LogP contribution is -2.40. The van der Waals surface area contributed by atoms with E-state index in [1.807, 2.05) is 31.2 Å². The van der Waals surface area contributed by atoms with E-state index in [1.54, 1.807) is 43.5 Å². The highest BCUT2D eigenvalue weighted by molar-refractivity contribution is 7.93. The van der Waals surface area contributed by atoms with Crippen LogP contribution in [0.5, 0.6) is 5.75 Å². The van der Waals surface area contributed by atoms with Crippen LogP contribution in [0, 0.1) is 6.92 Å². The van der Waals surface area contributed by atoms with Crippen LogP contribution < -0.4 is 14.9 Å². The summed E-state index contributed by atoms with van der Waals surface area (Å²) in [7, 11) is -4.17. The van der Waals surface area contributed by atoms with Gasteiger partial charge in [0.15, 0.2) is 0 Å². The van der Waals surface area contributed by atoms with E-state index in [4.69, 9.17) is 22.2 Å². The van der Waals surface area contributed by atoms with Gasteiger partial charge in [-0.15, -0.1) is 0 Å². The van der Waals surface area contributed by atoms with Crippen LogP contribution in [0.3, 0.4) is 0 Å². The smallest absolute Gasteiger partial charge is 0.305 e. The van der Waals surface area contributed by atoms with Crippen LogP contribution in [0.15, 0.2) is 76.7 Å². The van der Waals surface area contributed by atoms with Gasteiger partial charge < -0.3 is 15.7 Å². The number of benzene rings is 3. The number of halogens is 1. The lowest BCUT2D eigenvalue weighted by atomic mass is 10.1. The summed E-state index contributed by atoms with van der Waals surface area (Å²) in [5.41, 5.74) is 3.00. The predicted octanol–water partition coefficient (Wildman–Crippen LogP) is 4.62. The molecule has 10 heteroatoms. The summed E-state index contributed by atoms with van der Waals surface area (Å²) in [6.45, 7) is 3.72. The standard InChI is InChI=1S/C26H28ClN3O5S/c1-18-13-22(16-23(14-18)35-12-11-20-7-9-21(10-8-20)17-29-28)30(19(2)15-26(31)32)36(33,34)25-6-4-3-5-24(25)27/h3-10,13-14,16-17,19H,11-12,15,28H2,1-2H3,(H,31,32). The number of aliphatic carboxylic acids is 1. The Hall–Kier alpha value is -3.56. The molecule has 8 nitrogen and oxygen atoms in total. The van der Waals surface area contributed by atoms with E-state index in [2.05, 4.69) is 5.10 Å². The second-order valence-corrected chi connectivity index (χ2v) is 10.5. The highest BCUT2D eigenvalue weighted by Gasteiger charge is 2.32. The number of hydrogen-bond donors (Lipinski definition) is 2. The van der Waals surface area contributed by atoms with Gasteiger partial charge in [0.05, 0.1) is 36.0 Å². The van der Waals surface area contributed by atoms with E-state index in [0.29, 0.717) is 24.5 Å². The van der Waals surface area contributed by atoms with E-state index in [0.717, 1.165) is 21.0 Å². The van der Waals surface area contributed by atoms with Crippen molar-refractivity contribution in [2.75, 3.05) is 10.9 Å². The Morgan fingerprint density at radius 1 is 1.17 bits per heavy atom. The average molecular weight is 530 g/mol. The molecule has 0 fully saturated rings. The zero-order valence-electron chi connectivity index (χ0n) is 20.0. The zero-order chi connectivity index (χ0) is 26.3. The molecule has 3 aromatic rings. The molecule has 36 heavy (non-hydrogen) atoms. The summed E-state index contributed by atoms with van der Waals surface area (Å²) in [5, 5.41) is 12.9. The number of carbonyl (C=O) groups is 1. The van der Waals surface area contributed by atoms with E-state index in [-0.39, 0.29) is 9.92 Å². The third-order valence-corrected chi connectivity index (χ3v) is 7.84. The summed E-state index contributed by atoms with van der Waals surface area (Å²) in [5.74, 6) is 4.53. The second kappa shape index (κ2) is 11.9. The van der Waals surface area contributed by atoms with Crippen molar-refractivity contribution >= 4 is 39.5 Å². The van der Waals surface area contributed by atoms with Gasteiger partial charge >= 0.3 is 5.97 Å². The Balaban J connectivity index is 1.89. The van der Waals surface area contributed by atoms with E-state index < -0.39 is 28.5 Å². The number of ether oxygens (including phenoxy) is 1. The van der Waals surface area contributed by atoms with Gasteiger partial charge in [0.25, 0.3) is 10.0 Å². The number of nitrogens with two attached hydrogens (primary N) is 1. The zero-order valence-corrected chi connectivity index (χ0v) is 21.5. The van der Waals surface area contributed by atoms with E-state index in [9.17, 15) is 18.3 Å². The minimum Gasteiger partial charge on any atom is -0.493 e. The molecule has 0 aliphatic carbocycles. The molecule has 3 aromatic carbocycles. The van der Waals surface area contributed by atoms with Crippen molar-refractivity contribution in [1.82, 2.24) is 0 Å². The van der Waals surface area contributed by atoms with Crippen molar-refractivity contribution in [2.24, 2.45) is 10.9 Å². The maximum Gasteiger partial charge on any atom is 0.305 e. The fourth-order valence-electron chi connectivity index (χ4n) is 3.81. The van der Waals surface area contributed by atoms with Crippen molar-refractivity contribution in [3.63, 3.8) is 0 Å². The van der Waals surface area contributed by atoms with Gasteiger partial charge in [0.1, 0.15) is 10.6 Å². The van der Waals surface area contributed by atoms with Gasteiger partial charge in [-0.05, 0) is 54.8 Å². The van der Waals surface area contributed by atoms with Crippen LogP contribution in [-0.4, -0.2) is 38.4 Å². The number of nitrogens with zero attached hydrogens (tertiary/aromatic N) is 2. The van der Waals surface area contributed by atoms with Crippen LogP contribution in [0.2, 0.25) is 5.02 Å². The summed E-state index contributed by atoms with van der Waals surface area (Å²) < 4.78 is 34.4. The molecule has 0 aromatic heterocycles. The topological polar surface area (TPSA) is 122 Å². The summed E-state index contributed by atoms with van der Waals surface area (Å²) in [6, 6.07) is 18.0. The number of hydrogen-bond acceptors (Lipinski definition) is 6. The Morgan fingerprint density at radius 2 is 1.86 bits per heavy atom. The largest absolute Gasteiger partial charge is 0.493 e. The molecule has 0 bridgehead atoms. The molecule has 1 unspecified atom stereocenters. The van der Waals surface area contributed by atoms with Crippen LogP contribution in [0.1, 0.15) is 30.0 Å².